The van der Waals surface area contributed by atoms with E-state index >= 15 is 0 Å². The Morgan fingerprint density at radius 1 is 1.36 bits per heavy atom. The van der Waals surface area contributed by atoms with Gasteiger partial charge in [0.25, 0.3) is 0 Å². The Labute approximate surface area is 135 Å². The summed E-state index contributed by atoms with van der Waals surface area (Å²) in [5, 5.41) is 7.81. The van der Waals surface area contributed by atoms with E-state index in [4.69, 9.17) is 4.74 Å². The Kier molecular flexibility index (Phi) is 5.25. The van der Waals surface area contributed by atoms with Crippen molar-refractivity contribution in [3.63, 3.8) is 0 Å². The fourth-order valence-electron chi connectivity index (χ4n) is 2.85. The maximum absolute atomic E-state index is 5.50. The maximum Gasteiger partial charge on any atom is 0.0594 e. The zero-order chi connectivity index (χ0) is 15.4. The van der Waals surface area contributed by atoms with Gasteiger partial charge in [0.1, 0.15) is 0 Å². The summed E-state index contributed by atoms with van der Waals surface area (Å²) in [5.74, 6) is 0. The monoisotopic (exact) mass is 320 g/mol. The molecule has 0 saturated carbocycles. The third-order valence-corrected chi connectivity index (χ3v) is 5.10. The molecule has 0 radical (unpaired) electrons. The number of thiophene rings is 1. The number of hydrogen-bond acceptors (Lipinski definition) is 5. The average Bonchev–Trinajstić information content (AvgIpc) is 3.13. The van der Waals surface area contributed by atoms with Crippen LogP contribution in [-0.2, 0) is 18.3 Å². The molecule has 1 saturated heterocycles. The summed E-state index contributed by atoms with van der Waals surface area (Å²) in [5.41, 5.74) is 1.23. The highest BCUT2D eigenvalue weighted by molar-refractivity contribution is 7.12. The number of rotatable bonds is 6. The van der Waals surface area contributed by atoms with Crippen LogP contribution in [-0.4, -0.2) is 47.5 Å². The average molecular weight is 320 g/mol. The maximum atomic E-state index is 5.50. The van der Waals surface area contributed by atoms with Crippen molar-refractivity contribution in [2.45, 2.75) is 19.5 Å². The van der Waals surface area contributed by atoms with Gasteiger partial charge in [0.2, 0.25) is 0 Å². The van der Waals surface area contributed by atoms with Gasteiger partial charge < -0.3 is 10.1 Å². The van der Waals surface area contributed by atoms with Crippen molar-refractivity contribution < 1.29 is 4.74 Å². The molecule has 0 spiro atoms. The van der Waals surface area contributed by atoms with Gasteiger partial charge in [0, 0.05) is 54.7 Å². The zero-order valence-electron chi connectivity index (χ0n) is 13.3. The first-order valence-electron chi connectivity index (χ1n) is 7.79. The van der Waals surface area contributed by atoms with Crippen molar-refractivity contribution in [1.29, 1.82) is 0 Å². The van der Waals surface area contributed by atoms with Gasteiger partial charge in [0.05, 0.1) is 25.5 Å². The lowest BCUT2D eigenvalue weighted by molar-refractivity contribution is 0.0168. The van der Waals surface area contributed by atoms with E-state index in [1.807, 2.05) is 29.3 Å². The fourth-order valence-corrected chi connectivity index (χ4v) is 3.86. The molecular formula is C16H24N4OS. The number of nitrogens with zero attached hydrogens (tertiary/aromatic N) is 3. The van der Waals surface area contributed by atoms with E-state index in [0.29, 0.717) is 6.04 Å². The van der Waals surface area contributed by atoms with Gasteiger partial charge in [-0.25, -0.2) is 0 Å². The van der Waals surface area contributed by atoms with Crippen LogP contribution in [0.15, 0.2) is 24.5 Å². The van der Waals surface area contributed by atoms with E-state index in [9.17, 15) is 0 Å². The predicted octanol–water partition coefficient (Wildman–Crippen LogP) is 1.95. The van der Waals surface area contributed by atoms with E-state index in [1.54, 1.807) is 0 Å². The quantitative estimate of drug-likeness (QED) is 0.883. The second kappa shape index (κ2) is 7.37. The van der Waals surface area contributed by atoms with Crippen LogP contribution in [0.5, 0.6) is 0 Å². The molecule has 2 aromatic heterocycles. The molecule has 22 heavy (non-hydrogen) atoms. The molecule has 2 aromatic rings. The second-order valence-electron chi connectivity index (χ2n) is 5.77. The molecule has 0 aliphatic carbocycles. The lowest BCUT2D eigenvalue weighted by Crippen LogP contribution is -2.42. The summed E-state index contributed by atoms with van der Waals surface area (Å²) in [4.78, 5) is 5.35. The van der Waals surface area contributed by atoms with Gasteiger partial charge >= 0.3 is 0 Å². The molecule has 120 valence electrons. The molecule has 1 N–H and O–H groups in total. The Hall–Kier alpha value is -1.21. The minimum atomic E-state index is 0.430. The van der Waals surface area contributed by atoms with Crippen molar-refractivity contribution >= 4 is 11.3 Å². The van der Waals surface area contributed by atoms with Crippen molar-refractivity contribution in [3.8, 4) is 0 Å². The topological polar surface area (TPSA) is 42.3 Å². The lowest BCUT2D eigenvalue weighted by Gasteiger charge is -2.34. The number of aromatic nitrogens is 2. The third kappa shape index (κ3) is 3.95. The largest absolute Gasteiger partial charge is 0.379 e. The Morgan fingerprint density at radius 2 is 2.18 bits per heavy atom. The summed E-state index contributed by atoms with van der Waals surface area (Å²) in [6, 6.07) is 4.92. The van der Waals surface area contributed by atoms with Crippen LogP contribution >= 0.6 is 11.3 Å². The third-order valence-electron chi connectivity index (χ3n) is 4.00. The molecule has 5 nitrogen and oxygen atoms in total. The first-order chi connectivity index (χ1) is 10.7. The number of ether oxygens (including phenoxy) is 1. The highest BCUT2D eigenvalue weighted by Gasteiger charge is 2.23. The van der Waals surface area contributed by atoms with Crippen molar-refractivity contribution in [2.75, 3.05) is 32.8 Å². The molecule has 1 fully saturated rings. The van der Waals surface area contributed by atoms with Crippen LogP contribution in [0.4, 0.5) is 0 Å². The van der Waals surface area contributed by atoms with E-state index in [-0.39, 0.29) is 0 Å². The van der Waals surface area contributed by atoms with Gasteiger partial charge in [-0.3, -0.25) is 9.58 Å². The molecule has 6 heteroatoms. The molecule has 0 bridgehead atoms. The molecule has 1 aliphatic rings. The Balaban J connectivity index is 1.62. The number of morpholine rings is 1. The molecule has 1 unspecified atom stereocenters. The Bertz CT molecular complexity index is 588. The molecular weight excluding hydrogens is 296 g/mol. The van der Waals surface area contributed by atoms with Gasteiger partial charge in [-0.1, -0.05) is 0 Å². The van der Waals surface area contributed by atoms with Crippen LogP contribution in [0.25, 0.3) is 0 Å². The van der Waals surface area contributed by atoms with E-state index in [2.05, 4.69) is 40.6 Å². The van der Waals surface area contributed by atoms with Gasteiger partial charge in [-0.15, -0.1) is 11.3 Å². The fraction of sp³-hybridized carbons (Fsp3) is 0.562. The SMILES string of the molecule is Cc1ccc(C(CNCc2cnn(C)c2)N2CCOCC2)s1. The molecule has 1 atom stereocenters. The molecule has 1 aliphatic heterocycles. The minimum absolute atomic E-state index is 0.430. The number of nitrogens with one attached hydrogen (secondary N) is 1. The van der Waals surface area contributed by atoms with Crippen molar-refractivity contribution in [3.05, 3.63) is 39.8 Å². The van der Waals surface area contributed by atoms with Crippen LogP contribution in [0.3, 0.4) is 0 Å². The zero-order valence-corrected chi connectivity index (χ0v) is 14.1. The van der Waals surface area contributed by atoms with Crippen molar-refractivity contribution in [1.82, 2.24) is 20.0 Å². The summed E-state index contributed by atoms with van der Waals surface area (Å²) in [6.45, 7) is 7.68. The standard InChI is InChI=1S/C16H24N4OS/c1-13-3-4-16(22-13)15(20-5-7-21-8-6-20)11-17-9-14-10-18-19(2)12-14/h3-4,10,12,15,17H,5-9,11H2,1-2H3. The summed E-state index contributed by atoms with van der Waals surface area (Å²) < 4.78 is 7.34. The summed E-state index contributed by atoms with van der Waals surface area (Å²) in [7, 11) is 1.95. The van der Waals surface area contributed by atoms with Gasteiger partial charge in [-0.2, -0.15) is 5.10 Å². The highest BCUT2D eigenvalue weighted by Crippen LogP contribution is 2.27. The second-order valence-corrected chi connectivity index (χ2v) is 7.09. The van der Waals surface area contributed by atoms with Crippen LogP contribution in [0.1, 0.15) is 21.4 Å². The molecule has 0 aromatic carbocycles. The first-order valence-corrected chi connectivity index (χ1v) is 8.60. The molecule has 0 amide bonds. The minimum Gasteiger partial charge on any atom is -0.379 e. The molecule has 3 rings (SSSR count). The van der Waals surface area contributed by atoms with Crippen LogP contribution in [0, 0.1) is 6.92 Å². The summed E-state index contributed by atoms with van der Waals surface area (Å²) in [6.07, 6.45) is 3.98. The highest BCUT2D eigenvalue weighted by atomic mass is 32.1. The lowest BCUT2D eigenvalue weighted by atomic mass is 10.2. The van der Waals surface area contributed by atoms with Crippen LogP contribution in [0.2, 0.25) is 0 Å². The molecule has 3 heterocycles. The normalized spacial score (nSPS) is 17.7. The van der Waals surface area contributed by atoms with E-state index in [0.717, 1.165) is 39.4 Å². The van der Waals surface area contributed by atoms with Gasteiger partial charge in [-0.05, 0) is 19.1 Å². The van der Waals surface area contributed by atoms with E-state index in [1.165, 1.54) is 15.3 Å². The smallest absolute Gasteiger partial charge is 0.0594 e. The van der Waals surface area contributed by atoms with Crippen LogP contribution < -0.4 is 5.32 Å². The summed E-state index contributed by atoms with van der Waals surface area (Å²) >= 11 is 1.90. The number of aryl methyl sites for hydroxylation is 2. The van der Waals surface area contributed by atoms with E-state index < -0.39 is 0 Å². The first kappa shape index (κ1) is 15.7. The Morgan fingerprint density at radius 3 is 2.82 bits per heavy atom. The predicted molar refractivity (Wildman–Crippen MR) is 89.1 cm³/mol. The van der Waals surface area contributed by atoms with Crippen molar-refractivity contribution in [2.24, 2.45) is 7.05 Å². The number of hydrogen-bond donors (Lipinski definition) is 1. The van der Waals surface area contributed by atoms with Gasteiger partial charge in [0.15, 0.2) is 0 Å².